The summed E-state index contributed by atoms with van der Waals surface area (Å²) in [5.74, 6) is 0.139. The van der Waals surface area contributed by atoms with Gasteiger partial charge in [0.25, 0.3) is 0 Å². The summed E-state index contributed by atoms with van der Waals surface area (Å²) >= 11 is 0. The van der Waals surface area contributed by atoms with Gasteiger partial charge in [-0.15, -0.1) is 0 Å². The Bertz CT molecular complexity index is 506. The molecule has 3 N–H and O–H groups in total. The van der Waals surface area contributed by atoms with Gasteiger partial charge in [0.15, 0.2) is 0 Å². The molecule has 2 rings (SSSR count). The van der Waals surface area contributed by atoms with Crippen LogP contribution >= 0.6 is 0 Å². The number of H-pyrrole nitrogens is 1. The topological polar surface area (TPSA) is 78.0 Å². The highest BCUT2D eigenvalue weighted by Gasteiger charge is 2.10. The van der Waals surface area contributed by atoms with Crippen molar-refractivity contribution in [2.75, 3.05) is 0 Å². The number of amides is 1. The fourth-order valence-electron chi connectivity index (χ4n) is 1.67. The molecule has 0 spiro atoms. The molecule has 0 aliphatic carbocycles. The number of carbonyl (C=O) groups excluding carboxylic acids is 1. The van der Waals surface area contributed by atoms with E-state index in [0.29, 0.717) is 6.42 Å². The van der Waals surface area contributed by atoms with Crippen molar-refractivity contribution in [2.45, 2.75) is 19.4 Å². The number of benzene rings is 1. The highest BCUT2D eigenvalue weighted by molar-refractivity contribution is 5.79. The molecule has 0 aliphatic heterocycles. The molecule has 0 saturated carbocycles. The first-order chi connectivity index (χ1) is 8.65. The van der Waals surface area contributed by atoms with E-state index in [2.05, 4.69) is 15.5 Å². The second kappa shape index (κ2) is 5.35. The highest BCUT2D eigenvalue weighted by Crippen LogP contribution is 2.12. The fraction of sp³-hybridized carbons (Fsp3) is 0.231. The van der Waals surface area contributed by atoms with E-state index in [9.17, 15) is 4.79 Å². The van der Waals surface area contributed by atoms with Crippen molar-refractivity contribution in [1.29, 1.82) is 0 Å². The molecule has 5 heteroatoms. The maximum absolute atomic E-state index is 11.8. The van der Waals surface area contributed by atoms with Gasteiger partial charge in [-0.2, -0.15) is 5.10 Å². The van der Waals surface area contributed by atoms with Gasteiger partial charge in [-0.3, -0.25) is 9.89 Å². The zero-order valence-corrected chi connectivity index (χ0v) is 10.1. The first kappa shape index (κ1) is 12.2. The third-order valence-corrected chi connectivity index (χ3v) is 2.70. The zero-order valence-electron chi connectivity index (χ0n) is 10.1. The van der Waals surface area contributed by atoms with Crippen LogP contribution in [-0.4, -0.2) is 21.2 Å². The molecule has 1 heterocycles. The molecule has 1 aromatic carbocycles. The number of aromatic hydroxyl groups is 1. The molecule has 1 atom stereocenters. The molecule has 2 aromatic rings. The van der Waals surface area contributed by atoms with Crippen molar-refractivity contribution in [1.82, 2.24) is 15.5 Å². The maximum atomic E-state index is 11.8. The number of nitrogens with zero attached hydrogens (tertiary/aromatic N) is 1. The van der Waals surface area contributed by atoms with Gasteiger partial charge in [0.2, 0.25) is 5.91 Å². The summed E-state index contributed by atoms with van der Waals surface area (Å²) in [7, 11) is 0. The summed E-state index contributed by atoms with van der Waals surface area (Å²) in [6.45, 7) is 1.90. The largest absolute Gasteiger partial charge is 0.508 e. The number of carbonyl (C=O) groups is 1. The number of hydrogen-bond acceptors (Lipinski definition) is 3. The van der Waals surface area contributed by atoms with E-state index in [-0.39, 0.29) is 17.7 Å². The summed E-state index contributed by atoms with van der Waals surface area (Å²) < 4.78 is 0. The van der Waals surface area contributed by atoms with Crippen molar-refractivity contribution in [2.24, 2.45) is 0 Å². The van der Waals surface area contributed by atoms with Crippen LogP contribution in [0.25, 0.3) is 0 Å². The summed E-state index contributed by atoms with van der Waals surface area (Å²) in [4.78, 5) is 11.8. The lowest BCUT2D eigenvalue weighted by Gasteiger charge is -2.11. The number of aromatic nitrogens is 2. The van der Waals surface area contributed by atoms with Crippen LogP contribution in [0.15, 0.2) is 36.7 Å². The molecule has 1 aromatic heterocycles. The second-order valence-electron chi connectivity index (χ2n) is 4.16. The van der Waals surface area contributed by atoms with Gasteiger partial charge >= 0.3 is 0 Å². The minimum Gasteiger partial charge on any atom is -0.508 e. The van der Waals surface area contributed by atoms with Gasteiger partial charge in [-0.05, 0) is 24.6 Å². The van der Waals surface area contributed by atoms with E-state index < -0.39 is 0 Å². The van der Waals surface area contributed by atoms with Gasteiger partial charge in [0.1, 0.15) is 5.75 Å². The molecular formula is C13H15N3O2. The molecule has 0 fully saturated rings. The number of rotatable bonds is 4. The molecule has 0 saturated heterocycles. The first-order valence-electron chi connectivity index (χ1n) is 5.71. The Hall–Kier alpha value is -2.30. The molecule has 0 bridgehead atoms. The third-order valence-electron chi connectivity index (χ3n) is 2.70. The Kier molecular flexibility index (Phi) is 3.62. The van der Waals surface area contributed by atoms with E-state index in [1.54, 1.807) is 36.7 Å². The molecule has 18 heavy (non-hydrogen) atoms. The predicted octanol–water partition coefficient (Wildman–Crippen LogP) is 1.54. The molecule has 0 aliphatic rings. The van der Waals surface area contributed by atoms with Crippen LogP contribution in [0.2, 0.25) is 0 Å². The van der Waals surface area contributed by atoms with E-state index in [1.807, 2.05) is 6.92 Å². The van der Waals surface area contributed by atoms with Gasteiger partial charge < -0.3 is 10.4 Å². The Balaban J connectivity index is 1.91. The van der Waals surface area contributed by atoms with E-state index in [0.717, 1.165) is 11.1 Å². The van der Waals surface area contributed by atoms with Gasteiger partial charge in [0, 0.05) is 11.8 Å². The average molecular weight is 245 g/mol. The number of hydrogen-bond donors (Lipinski definition) is 3. The van der Waals surface area contributed by atoms with Crippen LogP contribution in [0.1, 0.15) is 24.1 Å². The van der Waals surface area contributed by atoms with Crippen LogP contribution < -0.4 is 5.32 Å². The standard InChI is InChI=1S/C13H15N3O2/c1-9(11-7-14-15-8-11)16-13(18)6-10-2-4-12(17)5-3-10/h2-5,7-9,17H,6H2,1H3,(H,14,15)(H,16,18). The third kappa shape index (κ3) is 3.10. The number of phenols is 1. The van der Waals surface area contributed by atoms with Crippen molar-refractivity contribution >= 4 is 5.91 Å². The van der Waals surface area contributed by atoms with E-state index in [4.69, 9.17) is 5.11 Å². The van der Waals surface area contributed by atoms with Crippen LogP contribution in [0.5, 0.6) is 5.75 Å². The summed E-state index contributed by atoms with van der Waals surface area (Å²) in [5.41, 5.74) is 1.80. The normalized spacial score (nSPS) is 12.1. The lowest BCUT2D eigenvalue weighted by atomic mass is 10.1. The smallest absolute Gasteiger partial charge is 0.224 e. The van der Waals surface area contributed by atoms with E-state index >= 15 is 0 Å². The quantitative estimate of drug-likeness (QED) is 0.764. The zero-order chi connectivity index (χ0) is 13.0. The Morgan fingerprint density at radius 1 is 1.44 bits per heavy atom. The Labute approximate surface area is 105 Å². The fourth-order valence-corrected chi connectivity index (χ4v) is 1.67. The highest BCUT2D eigenvalue weighted by atomic mass is 16.3. The van der Waals surface area contributed by atoms with Crippen LogP contribution in [-0.2, 0) is 11.2 Å². The average Bonchev–Trinajstić information content (AvgIpc) is 2.85. The Morgan fingerprint density at radius 2 is 2.17 bits per heavy atom. The molecule has 94 valence electrons. The van der Waals surface area contributed by atoms with E-state index in [1.165, 1.54) is 0 Å². The molecule has 1 amide bonds. The second-order valence-corrected chi connectivity index (χ2v) is 4.16. The van der Waals surface area contributed by atoms with Crippen molar-refractivity contribution in [3.8, 4) is 5.75 Å². The number of nitrogens with one attached hydrogen (secondary N) is 2. The molecule has 1 unspecified atom stereocenters. The summed E-state index contributed by atoms with van der Waals surface area (Å²) in [6, 6.07) is 6.53. The SMILES string of the molecule is CC(NC(=O)Cc1ccc(O)cc1)c1cn[nH]c1. The predicted molar refractivity (Wildman–Crippen MR) is 67.0 cm³/mol. The van der Waals surface area contributed by atoms with Gasteiger partial charge in [-0.25, -0.2) is 0 Å². The van der Waals surface area contributed by atoms with Crippen LogP contribution in [0.4, 0.5) is 0 Å². The molecule has 5 nitrogen and oxygen atoms in total. The molecular weight excluding hydrogens is 230 g/mol. The monoisotopic (exact) mass is 245 g/mol. The van der Waals surface area contributed by atoms with Gasteiger partial charge in [-0.1, -0.05) is 12.1 Å². The van der Waals surface area contributed by atoms with Crippen molar-refractivity contribution in [3.05, 3.63) is 47.8 Å². The lowest BCUT2D eigenvalue weighted by Crippen LogP contribution is -2.27. The summed E-state index contributed by atoms with van der Waals surface area (Å²) in [6.07, 6.45) is 3.74. The van der Waals surface area contributed by atoms with Crippen LogP contribution in [0.3, 0.4) is 0 Å². The number of phenolic OH excluding ortho intramolecular Hbond substituents is 1. The first-order valence-corrected chi connectivity index (χ1v) is 5.71. The van der Waals surface area contributed by atoms with Gasteiger partial charge in [0.05, 0.1) is 18.7 Å². The molecule has 0 radical (unpaired) electrons. The number of aromatic amines is 1. The Morgan fingerprint density at radius 3 is 2.78 bits per heavy atom. The maximum Gasteiger partial charge on any atom is 0.224 e. The van der Waals surface area contributed by atoms with Crippen molar-refractivity contribution in [3.63, 3.8) is 0 Å². The minimum absolute atomic E-state index is 0.0608. The summed E-state index contributed by atoms with van der Waals surface area (Å²) in [5, 5.41) is 18.6. The van der Waals surface area contributed by atoms with Crippen LogP contribution in [0, 0.1) is 0 Å². The lowest BCUT2D eigenvalue weighted by molar-refractivity contribution is -0.121. The van der Waals surface area contributed by atoms with Crippen molar-refractivity contribution < 1.29 is 9.90 Å². The minimum atomic E-state index is -0.0756.